The van der Waals surface area contributed by atoms with Gasteiger partial charge in [0, 0.05) is 12.6 Å². The van der Waals surface area contributed by atoms with Crippen molar-refractivity contribution in [3.8, 4) is 5.75 Å². The van der Waals surface area contributed by atoms with Crippen molar-refractivity contribution in [2.24, 2.45) is 0 Å². The molecule has 1 atom stereocenters. The summed E-state index contributed by atoms with van der Waals surface area (Å²) in [6.07, 6.45) is 0. The van der Waals surface area contributed by atoms with E-state index in [4.69, 9.17) is 4.74 Å². The van der Waals surface area contributed by atoms with E-state index >= 15 is 0 Å². The van der Waals surface area contributed by atoms with Gasteiger partial charge in [-0.1, -0.05) is 36.4 Å². The average molecular weight is 425 g/mol. The van der Waals surface area contributed by atoms with Crippen LogP contribution in [0.5, 0.6) is 5.75 Å². The minimum Gasteiger partial charge on any atom is -0.491 e. The van der Waals surface area contributed by atoms with Crippen LogP contribution < -0.4 is 14.4 Å². The molecule has 3 aromatic carbocycles. The Bertz CT molecular complexity index is 1070. The Morgan fingerprint density at radius 1 is 0.933 bits per heavy atom. The lowest BCUT2D eigenvalue weighted by molar-refractivity contribution is 0.0926. The van der Waals surface area contributed by atoms with Gasteiger partial charge in [0.05, 0.1) is 16.6 Å². The van der Waals surface area contributed by atoms with Gasteiger partial charge in [-0.2, -0.15) is 0 Å². The van der Waals surface area contributed by atoms with Crippen molar-refractivity contribution < 1.29 is 17.9 Å². The minimum absolute atomic E-state index is 0.196. The molecule has 0 aromatic heterocycles. The molecule has 0 saturated carbocycles. The normalized spacial score (nSPS) is 12.1. The maximum Gasteiger partial charge on any atom is 0.264 e. The second kappa shape index (κ2) is 9.45. The number of nitrogens with one attached hydrogen (secondary N) is 1. The third kappa shape index (κ3) is 5.18. The number of rotatable bonds is 8. The van der Waals surface area contributed by atoms with Gasteiger partial charge in [-0.3, -0.25) is 9.10 Å². The van der Waals surface area contributed by atoms with Gasteiger partial charge >= 0.3 is 0 Å². The van der Waals surface area contributed by atoms with Crippen LogP contribution in [0.25, 0.3) is 0 Å². The number of para-hydroxylation sites is 1. The molecule has 3 rings (SSSR count). The van der Waals surface area contributed by atoms with Gasteiger partial charge in [-0.25, -0.2) is 8.42 Å². The van der Waals surface area contributed by atoms with E-state index in [0.717, 1.165) is 5.75 Å². The summed E-state index contributed by atoms with van der Waals surface area (Å²) in [6.45, 7) is 2.20. The molecule has 0 heterocycles. The van der Waals surface area contributed by atoms with E-state index in [1.807, 2.05) is 37.3 Å². The fourth-order valence-electron chi connectivity index (χ4n) is 2.80. The van der Waals surface area contributed by atoms with E-state index in [-0.39, 0.29) is 16.8 Å². The summed E-state index contributed by atoms with van der Waals surface area (Å²) < 4.78 is 32.3. The van der Waals surface area contributed by atoms with E-state index in [2.05, 4.69) is 5.32 Å². The van der Waals surface area contributed by atoms with E-state index in [1.165, 1.54) is 11.4 Å². The molecule has 0 bridgehead atoms. The van der Waals surface area contributed by atoms with Gasteiger partial charge in [0.25, 0.3) is 15.9 Å². The molecular weight excluding hydrogens is 400 g/mol. The van der Waals surface area contributed by atoms with Crippen LogP contribution in [0.15, 0.2) is 89.8 Å². The fraction of sp³-hybridized carbons (Fsp3) is 0.174. The molecule has 0 aliphatic rings. The molecule has 0 saturated heterocycles. The van der Waals surface area contributed by atoms with Crippen LogP contribution in [0, 0.1) is 0 Å². The van der Waals surface area contributed by atoms with Crippen LogP contribution in [-0.2, 0) is 10.0 Å². The number of nitrogens with zero attached hydrogens (tertiary/aromatic N) is 1. The lowest BCUT2D eigenvalue weighted by Crippen LogP contribution is -2.36. The Labute approximate surface area is 177 Å². The summed E-state index contributed by atoms with van der Waals surface area (Å²) in [7, 11) is -2.18. The lowest BCUT2D eigenvalue weighted by Gasteiger charge is -2.20. The molecule has 0 aliphatic carbocycles. The number of ether oxygens (including phenoxy) is 1. The molecular formula is C23H24N2O4S. The van der Waals surface area contributed by atoms with Crippen molar-refractivity contribution in [1.82, 2.24) is 5.32 Å². The second-order valence-corrected chi connectivity index (χ2v) is 8.80. The summed E-state index contributed by atoms with van der Waals surface area (Å²) in [6, 6.07) is 23.8. The molecule has 0 fully saturated rings. The van der Waals surface area contributed by atoms with E-state index in [1.54, 1.807) is 54.6 Å². The predicted octanol–water partition coefficient (Wildman–Crippen LogP) is 3.71. The summed E-state index contributed by atoms with van der Waals surface area (Å²) in [5, 5.41) is 2.88. The Morgan fingerprint density at radius 3 is 2.10 bits per heavy atom. The number of hydrogen-bond donors (Lipinski definition) is 1. The van der Waals surface area contributed by atoms with Gasteiger partial charge in [0.2, 0.25) is 0 Å². The summed E-state index contributed by atoms with van der Waals surface area (Å²) in [4.78, 5) is 12.7. The largest absolute Gasteiger partial charge is 0.491 e. The highest BCUT2D eigenvalue weighted by molar-refractivity contribution is 7.92. The number of amides is 1. The first-order valence-corrected chi connectivity index (χ1v) is 10.9. The first-order chi connectivity index (χ1) is 14.4. The molecule has 30 heavy (non-hydrogen) atoms. The van der Waals surface area contributed by atoms with Gasteiger partial charge < -0.3 is 10.1 Å². The number of anilines is 1. The Balaban J connectivity index is 1.61. The van der Waals surface area contributed by atoms with E-state index in [0.29, 0.717) is 17.9 Å². The van der Waals surface area contributed by atoms with Crippen molar-refractivity contribution in [1.29, 1.82) is 0 Å². The summed E-state index contributed by atoms with van der Waals surface area (Å²) in [5.74, 6) is 0.491. The van der Waals surface area contributed by atoms with Crippen molar-refractivity contribution in [3.05, 3.63) is 90.5 Å². The smallest absolute Gasteiger partial charge is 0.264 e. The number of carbonyl (C=O) groups excluding carboxylic acids is 1. The number of benzene rings is 3. The minimum atomic E-state index is -3.66. The topological polar surface area (TPSA) is 75.7 Å². The maximum absolute atomic E-state index is 12.7. The highest BCUT2D eigenvalue weighted by atomic mass is 32.2. The lowest BCUT2D eigenvalue weighted by atomic mass is 10.2. The van der Waals surface area contributed by atoms with E-state index in [9.17, 15) is 13.2 Å². The molecule has 6 nitrogen and oxygen atoms in total. The van der Waals surface area contributed by atoms with Crippen molar-refractivity contribution in [2.75, 3.05) is 18.0 Å². The zero-order valence-electron chi connectivity index (χ0n) is 16.9. The molecule has 1 N–H and O–H groups in total. The quantitative estimate of drug-likeness (QED) is 0.598. The highest BCUT2D eigenvalue weighted by Crippen LogP contribution is 2.22. The molecule has 156 valence electrons. The molecule has 1 unspecified atom stereocenters. The van der Waals surface area contributed by atoms with Crippen LogP contribution in [0.3, 0.4) is 0 Å². The number of sulfonamides is 1. The fourth-order valence-corrected chi connectivity index (χ4v) is 4.02. The average Bonchev–Trinajstić information content (AvgIpc) is 2.78. The van der Waals surface area contributed by atoms with Crippen LogP contribution in [0.2, 0.25) is 0 Å². The van der Waals surface area contributed by atoms with Gasteiger partial charge in [-0.15, -0.1) is 0 Å². The zero-order valence-corrected chi connectivity index (χ0v) is 17.7. The summed E-state index contributed by atoms with van der Waals surface area (Å²) >= 11 is 0. The predicted molar refractivity (Wildman–Crippen MR) is 117 cm³/mol. The third-order valence-corrected chi connectivity index (χ3v) is 6.32. The first kappa shape index (κ1) is 21.4. The van der Waals surface area contributed by atoms with Gasteiger partial charge in [-0.05, 0) is 55.5 Å². The van der Waals surface area contributed by atoms with Crippen molar-refractivity contribution in [3.63, 3.8) is 0 Å². The Hall–Kier alpha value is -3.32. The van der Waals surface area contributed by atoms with Crippen LogP contribution in [-0.4, -0.2) is 34.0 Å². The van der Waals surface area contributed by atoms with Gasteiger partial charge in [0.15, 0.2) is 0 Å². The molecule has 1 amide bonds. The van der Waals surface area contributed by atoms with Crippen LogP contribution in [0.1, 0.15) is 17.3 Å². The Morgan fingerprint density at radius 2 is 1.50 bits per heavy atom. The number of hydrogen-bond acceptors (Lipinski definition) is 4. The summed E-state index contributed by atoms with van der Waals surface area (Å²) in [5.41, 5.74) is 0.909. The van der Waals surface area contributed by atoms with Crippen LogP contribution >= 0.6 is 0 Å². The third-order valence-electron chi connectivity index (χ3n) is 4.52. The Kier molecular flexibility index (Phi) is 6.74. The monoisotopic (exact) mass is 424 g/mol. The molecule has 7 heteroatoms. The zero-order chi connectivity index (χ0) is 21.6. The SMILES string of the molecule is CC(COc1ccccc1)NC(=O)c1ccc(N(C)S(=O)(=O)c2ccccc2)cc1. The van der Waals surface area contributed by atoms with Crippen molar-refractivity contribution >= 4 is 21.6 Å². The van der Waals surface area contributed by atoms with Crippen molar-refractivity contribution in [2.45, 2.75) is 17.9 Å². The standard InChI is InChI=1S/C23H24N2O4S/c1-18(17-29-21-9-5-3-6-10-21)24-23(26)19-13-15-20(16-14-19)25(2)30(27,28)22-11-7-4-8-12-22/h3-16,18H,17H2,1-2H3,(H,24,26). The first-order valence-electron chi connectivity index (χ1n) is 9.50. The van der Waals surface area contributed by atoms with Gasteiger partial charge in [0.1, 0.15) is 12.4 Å². The molecule has 0 radical (unpaired) electrons. The molecule has 3 aromatic rings. The number of carbonyl (C=O) groups is 1. The second-order valence-electron chi connectivity index (χ2n) is 6.83. The van der Waals surface area contributed by atoms with E-state index < -0.39 is 10.0 Å². The maximum atomic E-state index is 12.7. The highest BCUT2D eigenvalue weighted by Gasteiger charge is 2.21. The van der Waals surface area contributed by atoms with Crippen LogP contribution in [0.4, 0.5) is 5.69 Å². The molecule has 0 aliphatic heterocycles. The molecule has 0 spiro atoms.